The van der Waals surface area contributed by atoms with Gasteiger partial charge in [-0.25, -0.2) is 0 Å². The van der Waals surface area contributed by atoms with Crippen molar-refractivity contribution in [2.24, 2.45) is 0 Å². The van der Waals surface area contributed by atoms with Crippen molar-refractivity contribution in [1.82, 2.24) is 0 Å². The molecule has 0 bridgehead atoms. The van der Waals surface area contributed by atoms with Gasteiger partial charge in [0, 0.05) is 49.0 Å². The van der Waals surface area contributed by atoms with Gasteiger partial charge in [-0.15, -0.1) is 0 Å². The zero-order valence-electron chi connectivity index (χ0n) is 16.0. The van der Waals surface area contributed by atoms with E-state index in [4.69, 9.17) is 14.2 Å². The molecule has 4 heteroatoms. The van der Waals surface area contributed by atoms with Crippen molar-refractivity contribution in [3.05, 3.63) is 77.4 Å². The third kappa shape index (κ3) is 3.08. The van der Waals surface area contributed by atoms with Gasteiger partial charge in [-0.1, -0.05) is 24.3 Å². The number of fused-ring (bicyclic) bond motifs is 2. The molecule has 3 aromatic rings. The van der Waals surface area contributed by atoms with Gasteiger partial charge in [0.2, 0.25) is 0 Å². The van der Waals surface area contributed by atoms with E-state index in [1.54, 1.807) is 14.2 Å². The summed E-state index contributed by atoms with van der Waals surface area (Å²) in [4.78, 5) is 2.10. The van der Waals surface area contributed by atoms with E-state index in [2.05, 4.69) is 41.3 Å². The fourth-order valence-electron chi connectivity index (χ4n) is 3.55. The minimum absolute atomic E-state index is 0.0942. The predicted molar refractivity (Wildman–Crippen MR) is 108 cm³/mol. The van der Waals surface area contributed by atoms with Crippen molar-refractivity contribution in [1.29, 1.82) is 0 Å². The van der Waals surface area contributed by atoms with Crippen LogP contribution in [0.15, 0.2) is 60.7 Å². The van der Waals surface area contributed by atoms with Crippen LogP contribution in [0.4, 0.5) is 5.69 Å². The van der Waals surface area contributed by atoms with Crippen molar-refractivity contribution in [2.75, 3.05) is 33.2 Å². The zero-order chi connectivity index (χ0) is 19.0. The summed E-state index contributed by atoms with van der Waals surface area (Å²) in [6, 6.07) is 20.7. The molecular weight excluding hydrogens is 338 g/mol. The smallest absolute Gasteiger partial charge is 0.135 e. The van der Waals surface area contributed by atoms with Crippen molar-refractivity contribution >= 4 is 5.69 Å². The largest absolute Gasteiger partial charge is 0.497 e. The van der Waals surface area contributed by atoms with Crippen LogP contribution in [0.2, 0.25) is 0 Å². The third-order valence-corrected chi connectivity index (χ3v) is 5.03. The molecule has 0 atom stereocenters. The van der Waals surface area contributed by atoms with Gasteiger partial charge in [-0.3, -0.25) is 0 Å². The normalized spacial score (nSPS) is 12.6. The molecule has 3 aromatic carbocycles. The highest BCUT2D eigenvalue weighted by molar-refractivity contribution is 5.61. The Kier molecular flexibility index (Phi) is 4.40. The summed E-state index contributed by atoms with van der Waals surface area (Å²) < 4.78 is 17.0. The zero-order valence-corrected chi connectivity index (χ0v) is 16.0. The van der Waals surface area contributed by atoms with Gasteiger partial charge in [0.05, 0.1) is 14.2 Å². The lowest BCUT2D eigenvalue weighted by molar-refractivity contribution is 0.397. The monoisotopic (exact) mass is 361 g/mol. The van der Waals surface area contributed by atoms with E-state index < -0.39 is 0 Å². The number of hydrogen-bond donors (Lipinski definition) is 0. The fraction of sp³-hybridized carbons (Fsp3) is 0.217. The number of rotatable bonds is 4. The Morgan fingerprint density at radius 3 is 1.70 bits per heavy atom. The van der Waals surface area contributed by atoms with E-state index >= 15 is 0 Å². The molecule has 0 saturated carbocycles. The maximum atomic E-state index is 6.21. The minimum Gasteiger partial charge on any atom is -0.497 e. The molecule has 1 aliphatic rings. The maximum absolute atomic E-state index is 6.21. The fourth-order valence-corrected chi connectivity index (χ4v) is 3.55. The highest BCUT2D eigenvalue weighted by Crippen LogP contribution is 2.49. The van der Waals surface area contributed by atoms with Crippen LogP contribution < -0.4 is 19.1 Å². The Labute approximate surface area is 159 Å². The molecule has 0 amide bonds. The minimum atomic E-state index is 0.0942. The van der Waals surface area contributed by atoms with Gasteiger partial charge in [0.1, 0.15) is 23.0 Å². The van der Waals surface area contributed by atoms with E-state index in [9.17, 15) is 0 Å². The first-order valence-electron chi connectivity index (χ1n) is 8.91. The molecule has 4 rings (SSSR count). The Balaban J connectivity index is 1.87. The molecule has 0 fully saturated rings. The molecule has 4 nitrogen and oxygen atoms in total. The Morgan fingerprint density at radius 1 is 0.741 bits per heavy atom. The number of anilines is 1. The van der Waals surface area contributed by atoms with Gasteiger partial charge >= 0.3 is 0 Å². The van der Waals surface area contributed by atoms with E-state index in [0.29, 0.717) is 0 Å². The second-order valence-corrected chi connectivity index (χ2v) is 6.83. The first kappa shape index (κ1) is 17.3. The average Bonchev–Trinajstić information content (AvgIpc) is 2.71. The number of benzene rings is 3. The van der Waals surface area contributed by atoms with Crippen molar-refractivity contribution in [2.45, 2.75) is 5.92 Å². The van der Waals surface area contributed by atoms with Gasteiger partial charge < -0.3 is 19.1 Å². The van der Waals surface area contributed by atoms with Crippen LogP contribution >= 0.6 is 0 Å². The van der Waals surface area contributed by atoms with Crippen LogP contribution in [-0.2, 0) is 0 Å². The lowest BCUT2D eigenvalue weighted by Crippen LogP contribution is -2.13. The number of methoxy groups -OCH3 is 2. The SMILES string of the molecule is COc1ccc2c(c1)Oc1cc(OC)ccc1C2c1ccc(N(C)C)cc1. The summed E-state index contributed by atoms with van der Waals surface area (Å²) in [5.41, 5.74) is 4.66. The van der Waals surface area contributed by atoms with Crippen LogP contribution in [0, 0.1) is 0 Å². The number of ether oxygens (including phenoxy) is 3. The predicted octanol–water partition coefficient (Wildman–Crippen LogP) is 5.06. The summed E-state index contributed by atoms with van der Waals surface area (Å²) >= 11 is 0. The Morgan fingerprint density at radius 2 is 1.26 bits per heavy atom. The molecule has 0 aromatic heterocycles. The standard InChI is InChI=1S/C23H23NO3/c1-24(2)16-7-5-15(6-8-16)23-19-11-9-17(25-3)13-21(19)27-22-14-18(26-4)10-12-20(22)23/h5-14,23H,1-4H3. The average molecular weight is 361 g/mol. The molecule has 1 aliphatic heterocycles. The molecule has 1 heterocycles. The van der Waals surface area contributed by atoms with E-state index in [1.807, 2.05) is 38.4 Å². The van der Waals surface area contributed by atoms with Gasteiger partial charge in [-0.2, -0.15) is 0 Å². The quantitative estimate of drug-likeness (QED) is 0.509. The Bertz CT molecular complexity index is 910. The van der Waals surface area contributed by atoms with Crippen LogP contribution in [0.3, 0.4) is 0 Å². The number of hydrogen-bond acceptors (Lipinski definition) is 4. The lowest BCUT2D eigenvalue weighted by Gasteiger charge is -2.29. The topological polar surface area (TPSA) is 30.9 Å². The van der Waals surface area contributed by atoms with Crippen LogP contribution in [-0.4, -0.2) is 28.3 Å². The van der Waals surface area contributed by atoms with Gasteiger partial charge in [-0.05, 0) is 29.8 Å². The van der Waals surface area contributed by atoms with Crippen LogP contribution in [0.1, 0.15) is 22.6 Å². The van der Waals surface area contributed by atoms with Gasteiger partial charge in [0.15, 0.2) is 0 Å². The first-order chi connectivity index (χ1) is 13.1. The maximum Gasteiger partial charge on any atom is 0.135 e. The molecule has 27 heavy (non-hydrogen) atoms. The second kappa shape index (κ2) is 6.88. The molecule has 0 N–H and O–H groups in total. The molecule has 0 unspecified atom stereocenters. The highest BCUT2D eigenvalue weighted by atomic mass is 16.5. The van der Waals surface area contributed by atoms with Crippen molar-refractivity contribution in [3.8, 4) is 23.0 Å². The third-order valence-electron chi connectivity index (χ3n) is 5.03. The number of nitrogens with zero attached hydrogens (tertiary/aromatic N) is 1. The molecule has 0 saturated heterocycles. The van der Waals surface area contributed by atoms with Crippen molar-refractivity contribution < 1.29 is 14.2 Å². The Hall–Kier alpha value is -3.14. The first-order valence-corrected chi connectivity index (χ1v) is 8.91. The van der Waals surface area contributed by atoms with E-state index in [0.717, 1.165) is 34.1 Å². The molecule has 138 valence electrons. The van der Waals surface area contributed by atoms with Gasteiger partial charge in [0.25, 0.3) is 0 Å². The summed E-state index contributed by atoms with van der Waals surface area (Å²) in [5.74, 6) is 3.29. The van der Waals surface area contributed by atoms with Crippen LogP contribution in [0.25, 0.3) is 0 Å². The summed E-state index contributed by atoms with van der Waals surface area (Å²) in [7, 11) is 7.43. The highest BCUT2D eigenvalue weighted by Gasteiger charge is 2.29. The second-order valence-electron chi connectivity index (χ2n) is 6.83. The summed E-state index contributed by atoms with van der Waals surface area (Å²) in [5, 5.41) is 0. The molecular formula is C23H23NO3. The van der Waals surface area contributed by atoms with Crippen molar-refractivity contribution in [3.63, 3.8) is 0 Å². The van der Waals surface area contributed by atoms with Crippen LogP contribution in [0.5, 0.6) is 23.0 Å². The molecule has 0 radical (unpaired) electrons. The molecule has 0 spiro atoms. The summed E-state index contributed by atoms with van der Waals surface area (Å²) in [6.07, 6.45) is 0. The summed E-state index contributed by atoms with van der Waals surface area (Å²) in [6.45, 7) is 0. The molecule has 0 aliphatic carbocycles. The lowest BCUT2D eigenvalue weighted by atomic mass is 9.82. The van der Waals surface area contributed by atoms with E-state index in [-0.39, 0.29) is 5.92 Å². The van der Waals surface area contributed by atoms with E-state index in [1.165, 1.54) is 11.3 Å².